The first-order valence-corrected chi connectivity index (χ1v) is 8.50. The molecule has 9 heteroatoms. The molecule has 5 nitrogen and oxygen atoms in total. The summed E-state index contributed by atoms with van der Waals surface area (Å²) in [5.41, 5.74) is -0.627. The summed E-state index contributed by atoms with van der Waals surface area (Å²) in [4.78, 5) is 12.0. The van der Waals surface area contributed by atoms with Crippen molar-refractivity contribution in [3.05, 3.63) is 59.9 Å². The molecular formula is C15H13F3N2O3S. The molecular weight excluding hydrogens is 345 g/mol. The zero-order valence-electron chi connectivity index (χ0n) is 12.5. The van der Waals surface area contributed by atoms with Crippen LogP contribution in [0.1, 0.15) is 0 Å². The predicted molar refractivity (Wildman–Crippen MR) is 83.6 cm³/mol. The average Bonchev–Trinajstić information content (AvgIpc) is 2.47. The summed E-state index contributed by atoms with van der Waals surface area (Å²) in [6.07, 6.45) is 0.770. The van der Waals surface area contributed by atoms with Crippen molar-refractivity contribution in [3.63, 3.8) is 0 Å². The lowest BCUT2D eigenvalue weighted by Crippen LogP contribution is -2.38. The first-order valence-electron chi connectivity index (χ1n) is 6.65. The van der Waals surface area contributed by atoms with Gasteiger partial charge in [0.25, 0.3) is 0 Å². The number of nitrogens with one attached hydrogen (secondary N) is 1. The molecule has 2 aromatic rings. The molecule has 0 radical (unpaired) electrons. The molecule has 1 amide bonds. The van der Waals surface area contributed by atoms with Gasteiger partial charge in [-0.15, -0.1) is 0 Å². The van der Waals surface area contributed by atoms with E-state index >= 15 is 0 Å². The van der Waals surface area contributed by atoms with E-state index in [4.69, 9.17) is 0 Å². The number of rotatable bonds is 5. The molecule has 0 bridgehead atoms. The highest BCUT2D eigenvalue weighted by molar-refractivity contribution is 7.92. The van der Waals surface area contributed by atoms with Gasteiger partial charge >= 0.3 is 0 Å². The Balaban J connectivity index is 2.27. The molecule has 0 atom stereocenters. The van der Waals surface area contributed by atoms with Crippen LogP contribution in [0.2, 0.25) is 0 Å². The van der Waals surface area contributed by atoms with E-state index in [2.05, 4.69) is 5.32 Å². The highest BCUT2D eigenvalue weighted by Crippen LogP contribution is 2.23. The monoisotopic (exact) mass is 358 g/mol. The third kappa shape index (κ3) is 4.25. The Hall–Kier alpha value is -2.55. The van der Waals surface area contributed by atoms with Crippen molar-refractivity contribution in [1.29, 1.82) is 0 Å². The average molecular weight is 358 g/mol. The van der Waals surface area contributed by atoms with E-state index in [0.717, 1.165) is 24.5 Å². The number of anilines is 2. The minimum absolute atomic E-state index is 0.143. The number of para-hydroxylation sites is 1. The Morgan fingerprint density at radius 2 is 1.75 bits per heavy atom. The van der Waals surface area contributed by atoms with E-state index in [1.165, 1.54) is 18.2 Å². The third-order valence-electron chi connectivity index (χ3n) is 3.01. The summed E-state index contributed by atoms with van der Waals surface area (Å²) in [7, 11) is -4.03. The summed E-state index contributed by atoms with van der Waals surface area (Å²) in [6, 6.07) is 7.57. The maximum absolute atomic E-state index is 13.8. The number of sulfonamides is 1. The molecule has 1 N–H and O–H groups in total. The van der Waals surface area contributed by atoms with Crippen LogP contribution in [0.4, 0.5) is 24.5 Å². The van der Waals surface area contributed by atoms with Crippen molar-refractivity contribution >= 4 is 27.3 Å². The van der Waals surface area contributed by atoms with Gasteiger partial charge in [0.1, 0.15) is 24.0 Å². The molecule has 0 spiro atoms. The second-order valence-electron chi connectivity index (χ2n) is 4.89. The van der Waals surface area contributed by atoms with E-state index in [0.29, 0.717) is 10.4 Å². The fourth-order valence-corrected chi connectivity index (χ4v) is 2.80. The van der Waals surface area contributed by atoms with E-state index in [9.17, 15) is 26.4 Å². The molecule has 0 heterocycles. The minimum Gasteiger partial charge on any atom is -0.322 e. The van der Waals surface area contributed by atoms with Gasteiger partial charge in [0.05, 0.1) is 17.6 Å². The van der Waals surface area contributed by atoms with Gasteiger partial charge in [0.2, 0.25) is 15.9 Å². The van der Waals surface area contributed by atoms with Crippen LogP contribution < -0.4 is 9.62 Å². The van der Waals surface area contributed by atoms with Crippen molar-refractivity contribution in [2.75, 3.05) is 22.4 Å². The van der Waals surface area contributed by atoms with Gasteiger partial charge < -0.3 is 5.32 Å². The summed E-state index contributed by atoms with van der Waals surface area (Å²) in [5, 5.41) is 2.20. The maximum Gasteiger partial charge on any atom is 0.245 e. The van der Waals surface area contributed by atoms with Gasteiger partial charge in [-0.05, 0) is 24.3 Å². The third-order valence-corrected chi connectivity index (χ3v) is 4.14. The lowest BCUT2D eigenvalue weighted by atomic mass is 10.3. The van der Waals surface area contributed by atoms with E-state index in [1.807, 2.05) is 0 Å². The van der Waals surface area contributed by atoms with Crippen LogP contribution in [0.15, 0.2) is 42.5 Å². The smallest absolute Gasteiger partial charge is 0.245 e. The molecule has 128 valence electrons. The number of halogens is 3. The van der Waals surface area contributed by atoms with Crippen LogP contribution in [-0.2, 0) is 14.8 Å². The second-order valence-corrected chi connectivity index (χ2v) is 6.80. The van der Waals surface area contributed by atoms with Crippen LogP contribution in [-0.4, -0.2) is 27.1 Å². The van der Waals surface area contributed by atoms with Crippen LogP contribution >= 0.6 is 0 Å². The fourth-order valence-electron chi connectivity index (χ4n) is 1.95. The number of amides is 1. The molecule has 0 saturated heterocycles. The molecule has 0 saturated carbocycles. The SMILES string of the molecule is CS(=O)(=O)N(CC(=O)Nc1ccccc1F)c1ccc(F)cc1F. The van der Waals surface area contributed by atoms with Crippen molar-refractivity contribution in [3.8, 4) is 0 Å². The molecule has 0 unspecified atom stereocenters. The van der Waals surface area contributed by atoms with E-state index in [1.54, 1.807) is 0 Å². The van der Waals surface area contributed by atoms with Crippen molar-refractivity contribution in [2.45, 2.75) is 0 Å². The second kappa shape index (κ2) is 6.91. The molecule has 2 aromatic carbocycles. The quantitative estimate of drug-likeness (QED) is 0.893. The standard InChI is InChI=1S/C15H13F3N2O3S/c1-24(22,23)20(14-7-6-10(16)8-12(14)18)9-15(21)19-13-5-3-2-4-11(13)17/h2-8H,9H2,1H3,(H,19,21). The van der Waals surface area contributed by atoms with Crippen LogP contribution in [0.25, 0.3) is 0 Å². The normalized spacial score (nSPS) is 11.2. The Kier molecular flexibility index (Phi) is 5.13. The number of nitrogens with zero attached hydrogens (tertiary/aromatic N) is 1. The predicted octanol–water partition coefficient (Wildman–Crippen LogP) is 2.51. The summed E-state index contributed by atoms with van der Waals surface area (Å²) >= 11 is 0. The summed E-state index contributed by atoms with van der Waals surface area (Å²) < 4.78 is 64.5. The summed E-state index contributed by atoms with van der Waals surface area (Å²) in [6.45, 7) is -0.796. The molecule has 0 aliphatic carbocycles. The molecule has 0 fully saturated rings. The molecule has 2 rings (SSSR count). The molecule has 0 aliphatic heterocycles. The topological polar surface area (TPSA) is 66.5 Å². The Bertz CT molecular complexity index is 872. The molecule has 0 aliphatic rings. The van der Waals surface area contributed by atoms with Gasteiger partial charge in [-0.3, -0.25) is 9.10 Å². The van der Waals surface area contributed by atoms with Gasteiger partial charge in [0, 0.05) is 6.07 Å². The first kappa shape index (κ1) is 17.8. The van der Waals surface area contributed by atoms with Gasteiger partial charge in [-0.2, -0.15) is 0 Å². The number of carbonyl (C=O) groups is 1. The Morgan fingerprint density at radius 1 is 1.08 bits per heavy atom. The van der Waals surface area contributed by atoms with E-state index in [-0.39, 0.29) is 5.69 Å². The fraction of sp³-hybridized carbons (Fsp3) is 0.133. The lowest BCUT2D eigenvalue weighted by Gasteiger charge is -2.22. The van der Waals surface area contributed by atoms with Crippen LogP contribution in [0.5, 0.6) is 0 Å². The van der Waals surface area contributed by atoms with E-state index < -0.39 is 45.6 Å². The first-order chi connectivity index (χ1) is 11.2. The van der Waals surface area contributed by atoms with Crippen molar-refractivity contribution in [2.24, 2.45) is 0 Å². The zero-order chi connectivity index (χ0) is 17.9. The summed E-state index contributed by atoms with van der Waals surface area (Å²) in [5.74, 6) is -3.61. The minimum atomic E-state index is -4.03. The molecule has 24 heavy (non-hydrogen) atoms. The largest absolute Gasteiger partial charge is 0.322 e. The van der Waals surface area contributed by atoms with Gasteiger partial charge in [-0.1, -0.05) is 12.1 Å². The molecule has 0 aromatic heterocycles. The zero-order valence-corrected chi connectivity index (χ0v) is 13.3. The number of hydrogen-bond acceptors (Lipinski definition) is 3. The Labute approximate surface area is 136 Å². The number of hydrogen-bond donors (Lipinski definition) is 1. The van der Waals surface area contributed by atoms with Gasteiger partial charge in [0.15, 0.2) is 0 Å². The number of benzene rings is 2. The Morgan fingerprint density at radius 3 is 2.33 bits per heavy atom. The highest BCUT2D eigenvalue weighted by Gasteiger charge is 2.24. The van der Waals surface area contributed by atoms with Crippen molar-refractivity contribution < 1.29 is 26.4 Å². The maximum atomic E-state index is 13.8. The van der Waals surface area contributed by atoms with Gasteiger partial charge in [-0.25, -0.2) is 21.6 Å². The van der Waals surface area contributed by atoms with Crippen LogP contribution in [0, 0.1) is 17.5 Å². The lowest BCUT2D eigenvalue weighted by molar-refractivity contribution is -0.114. The highest BCUT2D eigenvalue weighted by atomic mass is 32.2. The van der Waals surface area contributed by atoms with Crippen molar-refractivity contribution in [1.82, 2.24) is 0 Å². The van der Waals surface area contributed by atoms with Crippen LogP contribution in [0.3, 0.4) is 0 Å². The number of carbonyl (C=O) groups excluding carboxylic acids is 1.